The molecule has 3 heteroatoms. The highest BCUT2D eigenvalue weighted by atomic mass is 16.6. The van der Waals surface area contributed by atoms with Crippen LogP contribution in [0.1, 0.15) is 34.1 Å². The zero-order valence-corrected chi connectivity index (χ0v) is 10.6. The number of hydroxylamine groups is 3. The van der Waals surface area contributed by atoms with Crippen LogP contribution in [0, 0.1) is 11.8 Å². The molecule has 1 fully saturated rings. The average molecular weight is 216 g/mol. The highest BCUT2D eigenvalue weighted by Gasteiger charge is 2.35. The number of ether oxygens (including phenoxy) is 1. The standard InChI is InChI=1S/C12H26NO2/c1-10(2)7-12-9-13(14,5-6-15-12)8-11(3)4/h10-12,14H,5-9H2,1-4H3/q+1. The molecule has 3 nitrogen and oxygen atoms in total. The second kappa shape index (κ2) is 5.28. The Hall–Kier alpha value is -0.120. The number of hydrogen-bond donors (Lipinski definition) is 1. The topological polar surface area (TPSA) is 29.5 Å². The molecular formula is C12H26NO2+. The van der Waals surface area contributed by atoms with Gasteiger partial charge in [0.2, 0.25) is 0 Å². The number of morpholine rings is 1. The van der Waals surface area contributed by atoms with Crippen molar-refractivity contribution in [1.82, 2.24) is 0 Å². The molecule has 90 valence electrons. The van der Waals surface area contributed by atoms with Crippen LogP contribution in [-0.2, 0) is 4.74 Å². The van der Waals surface area contributed by atoms with Crippen LogP contribution >= 0.6 is 0 Å². The fourth-order valence-electron chi connectivity index (χ4n) is 2.43. The molecule has 0 saturated carbocycles. The first kappa shape index (κ1) is 12.9. The van der Waals surface area contributed by atoms with E-state index in [1.165, 1.54) is 0 Å². The average Bonchev–Trinajstić information content (AvgIpc) is 1.99. The van der Waals surface area contributed by atoms with E-state index in [4.69, 9.17) is 4.74 Å². The summed E-state index contributed by atoms with van der Waals surface area (Å²) in [5, 5.41) is 10.4. The van der Waals surface area contributed by atoms with Crippen molar-refractivity contribution < 1.29 is 14.6 Å². The van der Waals surface area contributed by atoms with Crippen LogP contribution in [0.2, 0.25) is 0 Å². The molecule has 1 rings (SSSR count). The summed E-state index contributed by atoms with van der Waals surface area (Å²) in [6.45, 7) is 11.8. The smallest absolute Gasteiger partial charge is 0.135 e. The molecule has 1 aliphatic rings. The molecule has 2 unspecified atom stereocenters. The maximum Gasteiger partial charge on any atom is 0.135 e. The van der Waals surface area contributed by atoms with E-state index in [0.717, 1.165) is 26.1 Å². The van der Waals surface area contributed by atoms with Gasteiger partial charge in [0.25, 0.3) is 0 Å². The predicted molar refractivity (Wildman–Crippen MR) is 60.7 cm³/mol. The van der Waals surface area contributed by atoms with Crippen LogP contribution in [0.3, 0.4) is 0 Å². The lowest BCUT2D eigenvalue weighted by Crippen LogP contribution is -2.57. The summed E-state index contributed by atoms with van der Waals surface area (Å²) in [5.41, 5.74) is 0. The van der Waals surface area contributed by atoms with Crippen molar-refractivity contribution in [1.29, 1.82) is 0 Å². The lowest BCUT2D eigenvalue weighted by atomic mass is 10.0. The molecule has 15 heavy (non-hydrogen) atoms. The van der Waals surface area contributed by atoms with E-state index < -0.39 is 0 Å². The minimum atomic E-state index is 0.203. The summed E-state index contributed by atoms with van der Waals surface area (Å²) in [7, 11) is 0. The third kappa shape index (κ3) is 4.49. The van der Waals surface area contributed by atoms with E-state index in [-0.39, 0.29) is 10.8 Å². The predicted octanol–water partition coefficient (Wildman–Crippen LogP) is 2.29. The molecule has 0 spiro atoms. The molecule has 0 aliphatic carbocycles. The molecule has 1 heterocycles. The maximum atomic E-state index is 10.4. The summed E-state index contributed by atoms with van der Waals surface area (Å²) in [6.07, 6.45) is 1.29. The summed E-state index contributed by atoms with van der Waals surface area (Å²) in [4.78, 5) is 0. The fourth-order valence-corrected chi connectivity index (χ4v) is 2.43. The summed E-state index contributed by atoms with van der Waals surface area (Å²) in [6, 6.07) is 0. The maximum absolute atomic E-state index is 10.4. The van der Waals surface area contributed by atoms with Crippen LogP contribution in [0.25, 0.3) is 0 Å². The van der Waals surface area contributed by atoms with Gasteiger partial charge in [0.1, 0.15) is 25.7 Å². The molecule has 0 bridgehead atoms. The van der Waals surface area contributed by atoms with Gasteiger partial charge in [-0.3, -0.25) is 0 Å². The molecule has 0 aromatic carbocycles. The molecule has 1 saturated heterocycles. The van der Waals surface area contributed by atoms with Crippen LogP contribution in [0.5, 0.6) is 0 Å². The molecule has 0 aromatic rings. The van der Waals surface area contributed by atoms with E-state index in [1.807, 2.05) is 0 Å². The molecule has 2 atom stereocenters. The molecule has 0 radical (unpaired) electrons. The fraction of sp³-hybridized carbons (Fsp3) is 1.00. The van der Waals surface area contributed by atoms with Gasteiger partial charge in [-0.05, 0) is 12.3 Å². The first-order valence-electron chi connectivity index (χ1n) is 6.12. The Morgan fingerprint density at radius 1 is 1.27 bits per heavy atom. The first-order valence-corrected chi connectivity index (χ1v) is 6.12. The number of nitrogens with zero attached hydrogens (tertiary/aromatic N) is 1. The van der Waals surface area contributed by atoms with Gasteiger partial charge in [-0.15, -0.1) is 0 Å². The highest BCUT2D eigenvalue weighted by molar-refractivity contribution is 4.63. The number of hydrogen-bond acceptors (Lipinski definition) is 2. The zero-order chi connectivity index (χ0) is 11.5. The van der Waals surface area contributed by atoms with Gasteiger partial charge in [0.15, 0.2) is 0 Å². The Balaban J connectivity index is 2.46. The van der Waals surface area contributed by atoms with Crippen LogP contribution in [0.15, 0.2) is 0 Å². The zero-order valence-electron chi connectivity index (χ0n) is 10.6. The van der Waals surface area contributed by atoms with Gasteiger partial charge in [-0.1, -0.05) is 27.7 Å². The van der Waals surface area contributed by atoms with E-state index >= 15 is 0 Å². The molecule has 1 N–H and O–H groups in total. The van der Waals surface area contributed by atoms with Gasteiger partial charge in [0, 0.05) is 5.92 Å². The Labute approximate surface area is 93.6 Å². The van der Waals surface area contributed by atoms with Crippen molar-refractivity contribution in [2.24, 2.45) is 11.8 Å². The lowest BCUT2D eigenvalue weighted by molar-refractivity contribution is -1.11. The van der Waals surface area contributed by atoms with Gasteiger partial charge < -0.3 is 4.74 Å². The first-order chi connectivity index (χ1) is 6.91. The van der Waals surface area contributed by atoms with E-state index in [1.54, 1.807) is 0 Å². The monoisotopic (exact) mass is 216 g/mol. The third-order valence-electron chi connectivity index (χ3n) is 2.84. The quantitative estimate of drug-likeness (QED) is 0.731. The molecular weight excluding hydrogens is 190 g/mol. The largest absolute Gasteiger partial charge is 0.366 e. The van der Waals surface area contributed by atoms with Crippen molar-refractivity contribution in [2.45, 2.75) is 40.2 Å². The summed E-state index contributed by atoms with van der Waals surface area (Å²) < 4.78 is 5.89. The van der Waals surface area contributed by atoms with Gasteiger partial charge in [-0.2, -0.15) is 4.65 Å². The lowest BCUT2D eigenvalue weighted by Gasteiger charge is -2.38. The van der Waals surface area contributed by atoms with Crippen molar-refractivity contribution >= 4 is 0 Å². The van der Waals surface area contributed by atoms with E-state index in [2.05, 4.69) is 27.7 Å². The summed E-state index contributed by atoms with van der Waals surface area (Å²) in [5.74, 6) is 1.17. The van der Waals surface area contributed by atoms with E-state index in [9.17, 15) is 5.21 Å². The van der Waals surface area contributed by atoms with Crippen LogP contribution in [0.4, 0.5) is 0 Å². The van der Waals surface area contributed by atoms with Crippen molar-refractivity contribution in [3.63, 3.8) is 0 Å². The molecule has 1 aliphatic heterocycles. The van der Waals surface area contributed by atoms with Crippen LogP contribution < -0.4 is 0 Å². The van der Waals surface area contributed by atoms with Gasteiger partial charge >= 0.3 is 0 Å². The summed E-state index contributed by atoms with van der Waals surface area (Å²) >= 11 is 0. The Kier molecular flexibility index (Phi) is 4.56. The highest BCUT2D eigenvalue weighted by Crippen LogP contribution is 2.19. The SMILES string of the molecule is CC(C)CC1C[N+](O)(CC(C)C)CCO1. The van der Waals surface area contributed by atoms with Gasteiger partial charge in [0.05, 0.1) is 6.61 Å². The van der Waals surface area contributed by atoms with Gasteiger partial charge in [-0.25, -0.2) is 5.21 Å². The second-order valence-electron chi connectivity index (χ2n) is 5.70. The van der Waals surface area contributed by atoms with E-state index in [0.29, 0.717) is 18.4 Å². The second-order valence-corrected chi connectivity index (χ2v) is 5.70. The molecule has 0 amide bonds. The Bertz CT molecular complexity index is 194. The van der Waals surface area contributed by atoms with Crippen molar-refractivity contribution in [3.8, 4) is 0 Å². The van der Waals surface area contributed by atoms with Crippen molar-refractivity contribution in [3.05, 3.63) is 0 Å². The molecule has 0 aromatic heterocycles. The minimum Gasteiger partial charge on any atom is -0.366 e. The Morgan fingerprint density at radius 3 is 2.47 bits per heavy atom. The third-order valence-corrected chi connectivity index (χ3v) is 2.84. The normalized spacial score (nSPS) is 32.6. The van der Waals surface area contributed by atoms with Crippen LogP contribution in [-0.4, -0.2) is 42.2 Å². The minimum absolute atomic E-state index is 0.203. The number of quaternary nitrogens is 1. The number of rotatable bonds is 4. The van der Waals surface area contributed by atoms with Crippen molar-refractivity contribution in [2.75, 3.05) is 26.2 Å². The Morgan fingerprint density at radius 2 is 1.93 bits per heavy atom.